The van der Waals surface area contributed by atoms with E-state index in [0.717, 1.165) is 62.3 Å². The number of hydrogen-bond donors (Lipinski definition) is 0. The molecule has 11 aromatic carbocycles. The number of rotatable bonds is 12. The summed E-state index contributed by atoms with van der Waals surface area (Å²) < 4.78 is 2.58. The van der Waals surface area contributed by atoms with Gasteiger partial charge in [-0.2, -0.15) is 0 Å². The fourth-order valence-corrected chi connectivity index (χ4v) is 10.7. The fraction of sp³-hybridized carbons (Fsp3) is 0. The Labute approximate surface area is 413 Å². The SMILES string of the molecule is c1ccc(-c2ccc(N(c3ccccc3)c3cc(-c4cccc(N(c5ccccc5)c5ccc6sc7ccccc7c6c5)c4)cc(N(c4ccccc4)c4ccc(-c5ccccc5)cc4)c3)cc2)cc1. The van der Waals surface area contributed by atoms with E-state index >= 15 is 0 Å². The number of nitrogens with zero attached hydrogens (tertiary/aromatic N) is 3. The second-order valence-corrected chi connectivity index (χ2v) is 18.5. The van der Waals surface area contributed by atoms with Crippen molar-refractivity contribution < 1.29 is 0 Å². The molecule has 12 rings (SSSR count). The van der Waals surface area contributed by atoms with Gasteiger partial charge in [-0.1, -0.05) is 170 Å². The van der Waals surface area contributed by atoms with Crippen molar-refractivity contribution in [2.75, 3.05) is 14.7 Å². The van der Waals surface area contributed by atoms with Gasteiger partial charge in [-0.25, -0.2) is 0 Å². The van der Waals surface area contributed by atoms with Crippen molar-refractivity contribution in [2.24, 2.45) is 0 Å². The first-order valence-corrected chi connectivity index (χ1v) is 24.6. The Hall–Kier alpha value is -8.96. The van der Waals surface area contributed by atoms with Gasteiger partial charge < -0.3 is 14.7 Å². The minimum absolute atomic E-state index is 1.04. The lowest BCUT2D eigenvalue weighted by molar-refractivity contribution is 1.25. The summed E-state index contributed by atoms with van der Waals surface area (Å²) in [7, 11) is 0. The van der Waals surface area contributed by atoms with E-state index in [1.807, 2.05) is 11.3 Å². The van der Waals surface area contributed by atoms with Crippen LogP contribution in [0.5, 0.6) is 0 Å². The van der Waals surface area contributed by atoms with E-state index in [1.165, 1.54) is 42.4 Å². The number of para-hydroxylation sites is 3. The van der Waals surface area contributed by atoms with E-state index in [2.05, 4.69) is 300 Å². The van der Waals surface area contributed by atoms with Gasteiger partial charge in [0.1, 0.15) is 0 Å². The molecule has 0 radical (unpaired) electrons. The van der Waals surface area contributed by atoms with E-state index < -0.39 is 0 Å². The molecule has 1 heterocycles. The smallest absolute Gasteiger partial charge is 0.0488 e. The second kappa shape index (κ2) is 19.0. The monoisotopic (exact) mass is 913 g/mol. The molecule has 0 unspecified atom stereocenters. The second-order valence-electron chi connectivity index (χ2n) is 17.4. The fourth-order valence-electron chi connectivity index (χ4n) is 9.64. The third kappa shape index (κ3) is 8.49. The molecule has 4 heteroatoms. The molecule has 12 aromatic rings. The maximum Gasteiger partial charge on any atom is 0.0488 e. The summed E-state index contributed by atoms with van der Waals surface area (Å²) in [5.74, 6) is 0. The van der Waals surface area contributed by atoms with E-state index in [9.17, 15) is 0 Å². The normalized spacial score (nSPS) is 11.1. The summed E-state index contributed by atoms with van der Waals surface area (Å²) in [4.78, 5) is 7.14. The maximum atomic E-state index is 2.38. The molecule has 0 amide bonds. The Morgan fingerprint density at radius 2 is 0.529 bits per heavy atom. The predicted octanol–water partition coefficient (Wildman–Crippen LogP) is 19.5. The molecule has 1 aromatic heterocycles. The highest BCUT2D eigenvalue weighted by atomic mass is 32.1. The van der Waals surface area contributed by atoms with Crippen LogP contribution in [-0.4, -0.2) is 0 Å². The number of anilines is 9. The van der Waals surface area contributed by atoms with Crippen LogP contribution in [0.15, 0.2) is 285 Å². The van der Waals surface area contributed by atoms with Crippen molar-refractivity contribution in [3.8, 4) is 33.4 Å². The maximum absolute atomic E-state index is 2.38. The summed E-state index contributed by atoms with van der Waals surface area (Å²) in [5, 5.41) is 2.55. The number of thiophene rings is 1. The van der Waals surface area contributed by atoms with Crippen molar-refractivity contribution >= 4 is 82.7 Å². The van der Waals surface area contributed by atoms with Gasteiger partial charge in [0.25, 0.3) is 0 Å². The summed E-state index contributed by atoms with van der Waals surface area (Å²) in [6, 6.07) is 103. The van der Waals surface area contributed by atoms with Gasteiger partial charge in [0.05, 0.1) is 0 Å². The summed E-state index contributed by atoms with van der Waals surface area (Å²) in [6.45, 7) is 0. The topological polar surface area (TPSA) is 9.72 Å². The van der Waals surface area contributed by atoms with E-state index in [-0.39, 0.29) is 0 Å². The van der Waals surface area contributed by atoms with Crippen LogP contribution in [0.25, 0.3) is 53.6 Å². The Morgan fingerprint density at radius 3 is 1.04 bits per heavy atom. The van der Waals surface area contributed by atoms with Gasteiger partial charge in [-0.3, -0.25) is 0 Å². The zero-order chi connectivity index (χ0) is 46.6. The predicted molar refractivity (Wildman–Crippen MR) is 300 cm³/mol. The zero-order valence-corrected chi connectivity index (χ0v) is 39.2. The number of benzene rings is 11. The molecule has 0 aliphatic rings. The highest BCUT2D eigenvalue weighted by Crippen LogP contribution is 2.46. The van der Waals surface area contributed by atoms with Crippen LogP contribution in [0.1, 0.15) is 0 Å². The average Bonchev–Trinajstić information content (AvgIpc) is 3.81. The van der Waals surface area contributed by atoms with Crippen LogP contribution < -0.4 is 14.7 Å². The van der Waals surface area contributed by atoms with Gasteiger partial charge in [0, 0.05) is 71.4 Å². The molecular weight excluding hydrogens is 867 g/mol. The van der Waals surface area contributed by atoms with Gasteiger partial charge in [-0.05, 0) is 149 Å². The molecule has 0 aliphatic heterocycles. The van der Waals surface area contributed by atoms with Crippen LogP contribution in [0.2, 0.25) is 0 Å². The van der Waals surface area contributed by atoms with E-state index in [0.29, 0.717) is 0 Å². The van der Waals surface area contributed by atoms with E-state index in [1.54, 1.807) is 0 Å². The average molecular weight is 914 g/mol. The Kier molecular flexibility index (Phi) is 11.5. The van der Waals surface area contributed by atoms with Crippen LogP contribution in [0.3, 0.4) is 0 Å². The Morgan fingerprint density at radius 1 is 0.186 bits per heavy atom. The molecule has 0 spiro atoms. The van der Waals surface area contributed by atoms with Crippen LogP contribution >= 0.6 is 11.3 Å². The largest absolute Gasteiger partial charge is 0.310 e. The third-order valence-corrected chi connectivity index (χ3v) is 14.1. The first kappa shape index (κ1) is 42.4. The number of fused-ring (bicyclic) bond motifs is 3. The summed E-state index contributed by atoms with van der Waals surface area (Å²) in [6.07, 6.45) is 0. The Bertz CT molecular complexity index is 3540. The van der Waals surface area contributed by atoms with Crippen molar-refractivity contribution in [3.05, 3.63) is 285 Å². The van der Waals surface area contributed by atoms with Gasteiger partial charge in [-0.15, -0.1) is 11.3 Å². The van der Waals surface area contributed by atoms with Crippen molar-refractivity contribution in [2.45, 2.75) is 0 Å². The molecule has 0 N–H and O–H groups in total. The minimum Gasteiger partial charge on any atom is -0.310 e. The summed E-state index contributed by atoms with van der Waals surface area (Å²) in [5.41, 5.74) is 16.5. The zero-order valence-electron chi connectivity index (χ0n) is 38.4. The lowest BCUT2D eigenvalue weighted by Gasteiger charge is -2.31. The molecule has 0 aliphatic carbocycles. The molecule has 0 bridgehead atoms. The molecule has 0 fully saturated rings. The van der Waals surface area contributed by atoms with Crippen LogP contribution in [0, 0.1) is 0 Å². The lowest BCUT2D eigenvalue weighted by atomic mass is 10.00. The lowest BCUT2D eigenvalue weighted by Crippen LogP contribution is -2.13. The molecular formula is C66H47N3S. The highest BCUT2D eigenvalue weighted by molar-refractivity contribution is 7.25. The molecule has 3 nitrogen and oxygen atoms in total. The molecule has 70 heavy (non-hydrogen) atoms. The highest BCUT2D eigenvalue weighted by Gasteiger charge is 2.21. The van der Waals surface area contributed by atoms with Gasteiger partial charge in [0.2, 0.25) is 0 Å². The van der Waals surface area contributed by atoms with Crippen molar-refractivity contribution in [3.63, 3.8) is 0 Å². The molecule has 332 valence electrons. The van der Waals surface area contributed by atoms with Crippen LogP contribution in [0.4, 0.5) is 51.2 Å². The standard InChI is InChI=1S/C66H47N3S/c1-6-19-48(20-7-1)50-33-37-57(38-34-50)67(54-24-10-3-11-25-54)61-44-53(45-62(46-61)68(55-26-12-4-13-27-55)58-39-35-51(36-40-58)49-21-8-2-9-22-49)52-23-18-30-59(43-52)69(56-28-14-5-15-29-56)60-41-42-66-64(47-60)63-31-16-17-32-65(63)70-66/h1-47H. The molecule has 0 saturated heterocycles. The Balaban J connectivity index is 1.05. The first-order chi connectivity index (χ1) is 34.7. The minimum atomic E-state index is 1.04. The van der Waals surface area contributed by atoms with Gasteiger partial charge >= 0.3 is 0 Å². The van der Waals surface area contributed by atoms with Crippen LogP contribution in [-0.2, 0) is 0 Å². The van der Waals surface area contributed by atoms with Crippen molar-refractivity contribution in [1.29, 1.82) is 0 Å². The van der Waals surface area contributed by atoms with Crippen molar-refractivity contribution in [1.82, 2.24) is 0 Å². The molecule has 0 atom stereocenters. The van der Waals surface area contributed by atoms with E-state index in [4.69, 9.17) is 0 Å². The molecule has 0 saturated carbocycles. The van der Waals surface area contributed by atoms with Gasteiger partial charge in [0.15, 0.2) is 0 Å². The first-order valence-electron chi connectivity index (χ1n) is 23.7. The third-order valence-electron chi connectivity index (χ3n) is 13.0. The quantitative estimate of drug-likeness (QED) is 0.121. The number of hydrogen-bond acceptors (Lipinski definition) is 4. The summed E-state index contributed by atoms with van der Waals surface area (Å²) >= 11 is 1.85.